The number of para-hydroxylation sites is 1. The minimum absolute atomic E-state index is 0.532. The molecule has 0 aliphatic rings. The molecule has 0 bridgehead atoms. The molecule has 3 aromatic rings. The summed E-state index contributed by atoms with van der Waals surface area (Å²) in [5.41, 5.74) is 1.73. The lowest BCUT2D eigenvalue weighted by molar-refractivity contribution is 0.166. The molecule has 2 aromatic heterocycles. The molecule has 3 rings (SSSR count). The first-order valence-corrected chi connectivity index (χ1v) is 6.79. The van der Waals surface area contributed by atoms with Gasteiger partial charge in [-0.05, 0) is 19.4 Å². The average molecular weight is 270 g/mol. The summed E-state index contributed by atoms with van der Waals surface area (Å²) < 4.78 is 7.68. The van der Waals surface area contributed by atoms with Crippen molar-refractivity contribution in [2.45, 2.75) is 25.9 Å². The first-order valence-electron chi connectivity index (χ1n) is 6.79. The molecule has 20 heavy (non-hydrogen) atoms. The average Bonchev–Trinajstić information content (AvgIpc) is 2.98. The number of hydrogen-bond donors (Lipinski definition) is 1. The molecule has 0 amide bonds. The van der Waals surface area contributed by atoms with E-state index in [0.717, 1.165) is 34.5 Å². The van der Waals surface area contributed by atoms with Crippen molar-refractivity contribution in [3.63, 3.8) is 0 Å². The SMILES string of the molecule is Cc1oc2ccccc2c1C(O)CCc1nccn1C. The normalized spacial score (nSPS) is 12.9. The molecule has 4 heteroatoms. The second kappa shape index (κ2) is 5.13. The Morgan fingerprint density at radius 3 is 2.90 bits per heavy atom. The third kappa shape index (κ3) is 2.23. The van der Waals surface area contributed by atoms with Crippen LogP contribution in [0.5, 0.6) is 0 Å². The highest BCUT2D eigenvalue weighted by Gasteiger charge is 2.18. The molecule has 0 radical (unpaired) electrons. The van der Waals surface area contributed by atoms with E-state index in [1.54, 1.807) is 6.20 Å². The van der Waals surface area contributed by atoms with Crippen LogP contribution in [0.4, 0.5) is 0 Å². The van der Waals surface area contributed by atoms with Crippen LogP contribution in [-0.2, 0) is 13.5 Å². The van der Waals surface area contributed by atoms with Crippen molar-refractivity contribution in [3.05, 3.63) is 53.8 Å². The number of imidazole rings is 1. The molecule has 104 valence electrons. The molecule has 0 spiro atoms. The molecule has 4 nitrogen and oxygen atoms in total. The van der Waals surface area contributed by atoms with Gasteiger partial charge in [-0.25, -0.2) is 4.98 Å². The van der Waals surface area contributed by atoms with Gasteiger partial charge in [0.1, 0.15) is 17.2 Å². The van der Waals surface area contributed by atoms with Gasteiger partial charge in [0.25, 0.3) is 0 Å². The predicted molar refractivity (Wildman–Crippen MR) is 77.4 cm³/mol. The molecular weight excluding hydrogens is 252 g/mol. The van der Waals surface area contributed by atoms with Gasteiger partial charge in [0.15, 0.2) is 0 Å². The maximum atomic E-state index is 10.5. The van der Waals surface area contributed by atoms with Crippen LogP contribution < -0.4 is 0 Å². The summed E-state index contributed by atoms with van der Waals surface area (Å²) in [7, 11) is 1.97. The Bertz CT molecular complexity index is 727. The molecule has 0 aliphatic carbocycles. The zero-order valence-electron chi connectivity index (χ0n) is 11.7. The van der Waals surface area contributed by atoms with Crippen molar-refractivity contribution in [2.75, 3.05) is 0 Å². The van der Waals surface area contributed by atoms with Crippen LogP contribution in [0.2, 0.25) is 0 Å². The minimum atomic E-state index is -0.532. The zero-order chi connectivity index (χ0) is 14.1. The van der Waals surface area contributed by atoms with E-state index in [2.05, 4.69) is 4.98 Å². The second-order valence-corrected chi connectivity index (χ2v) is 5.08. The van der Waals surface area contributed by atoms with Crippen molar-refractivity contribution >= 4 is 11.0 Å². The number of aliphatic hydroxyl groups excluding tert-OH is 1. The van der Waals surface area contributed by atoms with Crippen LogP contribution >= 0.6 is 0 Å². The minimum Gasteiger partial charge on any atom is -0.461 e. The summed E-state index contributed by atoms with van der Waals surface area (Å²) in [6.07, 6.45) is 4.54. The van der Waals surface area contributed by atoms with Gasteiger partial charge >= 0.3 is 0 Å². The zero-order valence-corrected chi connectivity index (χ0v) is 11.7. The Morgan fingerprint density at radius 2 is 2.15 bits per heavy atom. The summed E-state index contributed by atoms with van der Waals surface area (Å²) in [6.45, 7) is 1.90. The van der Waals surface area contributed by atoms with Crippen LogP contribution in [0, 0.1) is 6.92 Å². The summed E-state index contributed by atoms with van der Waals surface area (Å²) >= 11 is 0. The molecular formula is C16H18N2O2. The molecule has 0 fully saturated rings. The highest BCUT2D eigenvalue weighted by Crippen LogP contribution is 2.32. The van der Waals surface area contributed by atoms with Crippen LogP contribution in [0.15, 0.2) is 41.1 Å². The fraction of sp³-hybridized carbons (Fsp3) is 0.312. The van der Waals surface area contributed by atoms with E-state index in [-0.39, 0.29) is 0 Å². The Labute approximate surface area is 117 Å². The largest absolute Gasteiger partial charge is 0.461 e. The molecule has 1 unspecified atom stereocenters. The van der Waals surface area contributed by atoms with Gasteiger partial charge in [0.2, 0.25) is 0 Å². The van der Waals surface area contributed by atoms with E-state index in [0.29, 0.717) is 6.42 Å². The predicted octanol–water partition coefficient (Wildman–Crippen LogP) is 3.14. The third-order valence-electron chi connectivity index (χ3n) is 3.72. The van der Waals surface area contributed by atoms with Gasteiger partial charge < -0.3 is 14.1 Å². The fourth-order valence-electron chi connectivity index (χ4n) is 2.65. The Balaban J connectivity index is 1.84. The molecule has 1 N–H and O–H groups in total. The van der Waals surface area contributed by atoms with Crippen LogP contribution in [0.3, 0.4) is 0 Å². The van der Waals surface area contributed by atoms with Gasteiger partial charge in [0, 0.05) is 36.8 Å². The molecule has 1 atom stereocenters. The quantitative estimate of drug-likeness (QED) is 0.792. The summed E-state index contributed by atoms with van der Waals surface area (Å²) in [5.74, 6) is 1.77. The van der Waals surface area contributed by atoms with E-state index in [1.165, 1.54) is 0 Å². The van der Waals surface area contributed by atoms with E-state index in [9.17, 15) is 5.11 Å². The van der Waals surface area contributed by atoms with Crippen LogP contribution in [-0.4, -0.2) is 14.7 Å². The maximum Gasteiger partial charge on any atom is 0.134 e. The highest BCUT2D eigenvalue weighted by molar-refractivity contribution is 5.82. The van der Waals surface area contributed by atoms with E-state index < -0.39 is 6.10 Å². The van der Waals surface area contributed by atoms with Gasteiger partial charge in [-0.2, -0.15) is 0 Å². The van der Waals surface area contributed by atoms with E-state index in [4.69, 9.17) is 4.42 Å². The summed E-state index contributed by atoms with van der Waals surface area (Å²) in [5, 5.41) is 11.5. The number of aromatic nitrogens is 2. The summed E-state index contributed by atoms with van der Waals surface area (Å²) in [6, 6.07) is 7.82. The van der Waals surface area contributed by atoms with Crippen molar-refractivity contribution in [2.24, 2.45) is 7.05 Å². The first-order chi connectivity index (χ1) is 9.66. The Kier molecular flexibility index (Phi) is 3.32. The molecule has 2 heterocycles. The fourth-order valence-corrected chi connectivity index (χ4v) is 2.65. The molecule has 0 aliphatic heterocycles. The van der Waals surface area contributed by atoms with Crippen molar-refractivity contribution in [3.8, 4) is 0 Å². The number of fused-ring (bicyclic) bond motifs is 1. The van der Waals surface area contributed by atoms with Crippen molar-refractivity contribution in [1.29, 1.82) is 0 Å². The standard InChI is InChI=1S/C16H18N2O2/c1-11-16(12-5-3-4-6-14(12)20-11)13(19)7-8-15-17-9-10-18(15)2/h3-6,9-10,13,19H,7-8H2,1-2H3. The lowest BCUT2D eigenvalue weighted by Crippen LogP contribution is -2.04. The van der Waals surface area contributed by atoms with Crippen molar-refractivity contribution < 1.29 is 9.52 Å². The van der Waals surface area contributed by atoms with E-state index in [1.807, 2.05) is 49.0 Å². The Hall–Kier alpha value is -2.07. The number of rotatable bonds is 4. The van der Waals surface area contributed by atoms with Gasteiger partial charge in [0.05, 0.1) is 6.10 Å². The van der Waals surface area contributed by atoms with Crippen LogP contribution in [0.1, 0.15) is 29.7 Å². The molecule has 0 saturated heterocycles. The highest BCUT2D eigenvalue weighted by atomic mass is 16.3. The Morgan fingerprint density at radius 1 is 1.35 bits per heavy atom. The lowest BCUT2D eigenvalue weighted by atomic mass is 10.0. The number of nitrogens with zero attached hydrogens (tertiary/aromatic N) is 2. The third-order valence-corrected chi connectivity index (χ3v) is 3.72. The number of aliphatic hydroxyl groups is 1. The smallest absolute Gasteiger partial charge is 0.134 e. The van der Waals surface area contributed by atoms with E-state index >= 15 is 0 Å². The maximum absolute atomic E-state index is 10.5. The van der Waals surface area contributed by atoms with Crippen molar-refractivity contribution in [1.82, 2.24) is 9.55 Å². The molecule has 0 saturated carbocycles. The van der Waals surface area contributed by atoms with Gasteiger partial charge in [-0.15, -0.1) is 0 Å². The topological polar surface area (TPSA) is 51.2 Å². The number of hydrogen-bond acceptors (Lipinski definition) is 3. The number of benzene rings is 1. The van der Waals surface area contributed by atoms with Crippen LogP contribution in [0.25, 0.3) is 11.0 Å². The first kappa shape index (κ1) is 12.9. The lowest BCUT2D eigenvalue weighted by Gasteiger charge is -2.10. The van der Waals surface area contributed by atoms with Gasteiger partial charge in [-0.3, -0.25) is 0 Å². The monoisotopic (exact) mass is 270 g/mol. The molecule has 1 aromatic carbocycles. The second-order valence-electron chi connectivity index (χ2n) is 5.08. The summed E-state index contributed by atoms with van der Waals surface area (Å²) in [4.78, 5) is 4.28. The van der Waals surface area contributed by atoms with Gasteiger partial charge in [-0.1, -0.05) is 18.2 Å². The number of aryl methyl sites for hydroxylation is 3. The number of furan rings is 1.